The molecule has 0 spiro atoms. The Bertz CT molecular complexity index is 81.0. The van der Waals surface area contributed by atoms with Gasteiger partial charge in [0.1, 0.15) is 0 Å². The first-order chi connectivity index (χ1) is 3.27. The molecule has 0 radical (unpaired) electrons. The molecule has 0 rings (SSSR count). The molecule has 4 heteroatoms. The van der Waals surface area contributed by atoms with Crippen molar-refractivity contribution in [2.75, 3.05) is 6.54 Å². The molecule has 7 heavy (non-hydrogen) atoms. The van der Waals surface area contributed by atoms with E-state index in [9.17, 15) is 4.79 Å². The quantitative estimate of drug-likeness (QED) is 0.509. The SMILES string of the molecule is N=NCCC(=O)O. The molecule has 0 aromatic heterocycles. The normalized spacial score (nSPS) is 8.00. The summed E-state index contributed by atoms with van der Waals surface area (Å²) < 4.78 is 0. The van der Waals surface area contributed by atoms with Gasteiger partial charge in [0.15, 0.2) is 0 Å². The molecule has 0 aromatic rings. The van der Waals surface area contributed by atoms with Crippen molar-refractivity contribution in [3.63, 3.8) is 0 Å². The average molecular weight is 102 g/mol. The maximum atomic E-state index is 9.61. The molecule has 0 fully saturated rings. The first-order valence-electron chi connectivity index (χ1n) is 1.82. The zero-order valence-corrected chi connectivity index (χ0v) is 3.72. The Labute approximate surface area is 40.7 Å². The predicted molar refractivity (Wildman–Crippen MR) is 22.3 cm³/mol. The Morgan fingerprint density at radius 3 is 2.57 bits per heavy atom. The van der Waals surface area contributed by atoms with E-state index in [0.717, 1.165) is 0 Å². The van der Waals surface area contributed by atoms with Crippen LogP contribution in [-0.4, -0.2) is 17.6 Å². The minimum absolute atomic E-state index is 0.0382. The fourth-order valence-electron chi connectivity index (χ4n) is 0.152. The lowest BCUT2D eigenvalue weighted by atomic mass is 10.4. The summed E-state index contributed by atoms with van der Waals surface area (Å²) in [6.45, 7) is 0.0926. The van der Waals surface area contributed by atoms with Crippen LogP contribution in [0.15, 0.2) is 5.11 Å². The highest BCUT2D eigenvalue weighted by atomic mass is 16.4. The van der Waals surface area contributed by atoms with E-state index in [-0.39, 0.29) is 13.0 Å². The van der Waals surface area contributed by atoms with E-state index in [2.05, 4.69) is 5.11 Å². The standard InChI is InChI=1S/C3H6N2O2/c4-5-2-1-3(6)7/h4H,1-2H2,(H,6,7). The van der Waals surface area contributed by atoms with Crippen LogP contribution in [-0.2, 0) is 4.79 Å². The van der Waals surface area contributed by atoms with Gasteiger partial charge in [0, 0.05) is 0 Å². The van der Waals surface area contributed by atoms with Crippen LogP contribution < -0.4 is 0 Å². The molecule has 0 aliphatic heterocycles. The van der Waals surface area contributed by atoms with Crippen molar-refractivity contribution in [1.82, 2.24) is 0 Å². The van der Waals surface area contributed by atoms with Crippen LogP contribution in [0, 0.1) is 5.53 Å². The van der Waals surface area contributed by atoms with E-state index >= 15 is 0 Å². The van der Waals surface area contributed by atoms with Crippen LogP contribution in [0.1, 0.15) is 6.42 Å². The molecule has 0 bridgehead atoms. The van der Waals surface area contributed by atoms with E-state index in [4.69, 9.17) is 10.6 Å². The summed E-state index contributed by atoms with van der Waals surface area (Å²) in [4.78, 5) is 9.61. The van der Waals surface area contributed by atoms with Crippen molar-refractivity contribution >= 4 is 5.97 Å². The molecule has 0 amide bonds. The Balaban J connectivity index is 2.97. The maximum Gasteiger partial charge on any atom is 0.305 e. The fraction of sp³-hybridized carbons (Fsp3) is 0.667. The summed E-state index contributed by atoms with van der Waals surface area (Å²) in [5.41, 5.74) is 6.16. The average Bonchev–Trinajstić information content (AvgIpc) is 1.61. The van der Waals surface area contributed by atoms with Gasteiger partial charge in [-0.1, -0.05) is 0 Å². The Morgan fingerprint density at radius 1 is 1.86 bits per heavy atom. The van der Waals surface area contributed by atoms with Crippen LogP contribution in [0.5, 0.6) is 0 Å². The van der Waals surface area contributed by atoms with Crippen molar-refractivity contribution in [2.24, 2.45) is 5.11 Å². The van der Waals surface area contributed by atoms with Gasteiger partial charge >= 0.3 is 5.97 Å². The van der Waals surface area contributed by atoms with Gasteiger partial charge in [0.2, 0.25) is 0 Å². The smallest absolute Gasteiger partial charge is 0.305 e. The predicted octanol–water partition coefficient (Wildman–Crippen LogP) is 0.492. The molecule has 0 saturated carbocycles. The van der Waals surface area contributed by atoms with Gasteiger partial charge in [-0.15, -0.1) is 0 Å². The van der Waals surface area contributed by atoms with Gasteiger partial charge in [-0.2, -0.15) is 5.11 Å². The number of nitrogens with zero attached hydrogens (tertiary/aromatic N) is 1. The second kappa shape index (κ2) is 3.27. The van der Waals surface area contributed by atoms with Crippen molar-refractivity contribution in [2.45, 2.75) is 6.42 Å². The van der Waals surface area contributed by atoms with Crippen molar-refractivity contribution in [3.05, 3.63) is 0 Å². The number of carboxylic acid groups (broad SMARTS) is 1. The molecule has 0 heterocycles. The van der Waals surface area contributed by atoms with Gasteiger partial charge in [0.25, 0.3) is 0 Å². The van der Waals surface area contributed by atoms with Crippen LogP contribution in [0.2, 0.25) is 0 Å². The van der Waals surface area contributed by atoms with E-state index in [1.165, 1.54) is 0 Å². The van der Waals surface area contributed by atoms with Crippen molar-refractivity contribution in [3.8, 4) is 0 Å². The monoisotopic (exact) mass is 102 g/mol. The third-order valence-electron chi connectivity index (χ3n) is 0.437. The zero-order chi connectivity index (χ0) is 5.70. The number of nitrogens with one attached hydrogen (secondary N) is 1. The first kappa shape index (κ1) is 6.07. The summed E-state index contributed by atoms with van der Waals surface area (Å²) in [5, 5.41) is 10.7. The molecule has 0 aliphatic carbocycles. The highest BCUT2D eigenvalue weighted by molar-refractivity contribution is 5.66. The summed E-state index contributed by atoms with van der Waals surface area (Å²) in [7, 11) is 0. The molecule has 0 saturated heterocycles. The zero-order valence-electron chi connectivity index (χ0n) is 3.72. The molecule has 0 atom stereocenters. The van der Waals surface area contributed by atoms with E-state index in [1.54, 1.807) is 0 Å². The largest absolute Gasteiger partial charge is 0.481 e. The Hall–Kier alpha value is -0.930. The summed E-state index contributed by atoms with van der Waals surface area (Å²) >= 11 is 0. The van der Waals surface area contributed by atoms with Gasteiger partial charge in [-0.25, -0.2) is 5.53 Å². The minimum Gasteiger partial charge on any atom is -0.481 e. The fourth-order valence-corrected chi connectivity index (χ4v) is 0.152. The van der Waals surface area contributed by atoms with Crippen LogP contribution in [0.25, 0.3) is 0 Å². The molecular weight excluding hydrogens is 96.0 g/mol. The molecule has 0 aliphatic rings. The number of rotatable bonds is 3. The number of carboxylic acids is 1. The van der Waals surface area contributed by atoms with E-state index in [0.29, 0.717) is 0 Å². The van der Waals surface area contributed by atoms with Crippen LogP contribution in [0.3, 0.4) is 0 Å². The van der Waals surface area contributed by atoms with E-state index in [1.807, 2.05) is 0 Å². The highest BCUT2D eigenvalue weighted by Crippen LogP contribution is 1.77. The summed E-state index contributed by atoms with van der Waals surface area (Å²) in [6, 6.07) is 0. The van der Waals surface area contributed by atoms with Gasteiger partial charge in [-0.05, 0) is 0 Å². The lowest BCUT2D eigenvalue weighted by Crippen LogP contribution is -1.95. The maximum absolute atomic E-state index is 9.61. The lowest BCUT2D eigenvalue weighted by Gasteiger charge is -1.80. The number of hydrogen-bond donors (Lipinski definition) is 2. The highest BCUT2D eigenvalue weighted by Gasteiger charge is 1.90. The molecule has 2 N–H and O–H groups in total. The molecular formula is C3H6N2O2. The third-order valence-corrected chi connectivity index (χ3v) is 0.437. The van der Waals surface area contributed by atoms with Crippen LogP contribution >= 0.6 is 0 Å². The van der Waals surface area contributed by atoms with Gasteiger partial charge < -0.3 is 5.11 Å². The summed E-state index contributed by atoms with van der Waals surface area (Å²) in [5.74, 6) is -0.906. The minimum atomic E-state index is -0.906. The molecule has 0 unspecified atom stereocenters. The van der Waals surface area contributed by atoms with Gasteiger partial charge in [-0.3, -0.25) is 4.79 Å². The Kier molecular flexibility index (Phi) is 2.83. The van der Waals surface area contributed by atoms with Crippen LogP contribution in [0.4, 0.5) is 0 Å². The number of hydrogen-bond acceptors (Lipinski definition) is 3. The summed E-state index contributed by atoms with van der Waals surface area (Å²) in [6.07, 6.45) is -0.0382. The lowest BCUT2D eigenvalue weighted by molar-refractivity contribution is -0.136. The molecule has 0 aromatic carbocycles. The molecule has 40 valence electrons. The van der Waals surface area contributed by atoms with Gasteiger partial charge in [0.05, 0.1) is 13.0 Å². The number of aliphatic carboxylic acids is 1. The molecule has 4 nitrogen and oxygen atoms in total. The first-order valence-corrected chi connectivity index (χ1v) is 1.82. The van der Waals surface area contributed by atoms with Crippen molar-refractivity contribution in [1.29, 1.82) is 5.53 Å². The van der Waals surface area contributed by atoms with E-state index < -0.39 is 5.97 Å². The topological polar surface area (TPSA) is 73.5 Å². The number of carbonyl (C=O) groups is 1. The second-order valence-corrected chi connectivity index (χ2v) is 1.03. The Morgan fingerprint density at radius 2 is 2.43 bits per heavy atom. The second-order valence-electron chi connectivity index (χ2n) is 1.03. The van der Waals surface area contributed by atoms with Crippen molar-refractivity contribution < 1.29 is 9.90 Å². The third kappa shape index (κ3) is 5.07.